The molecule has 244 valence electrons. The SMILES string of the molecule is COC(=O)c1ccc(OCCCc2ccc(OCc3cc(F)cc4c3OCOC4)cc2)c(C(=O)NC2CCCC(C(=O)OC)C2)c1. The van der Waals surface area contributed by atoms with Crippen molar-refractivity contribution in [1.29, 1.82) is 0 Å². The molecule has 0 spiro atoms. The van der Waals surface area contributed by atoms with Crippen molar-refractivity contribution < 1.29 is 47.2 Å². The third-order valence-corrected chi connectivity index (χ3v) is 8.13. The van der Waals surface area contributed by atoms with Gasteiger partial charge in [0.05, 0.1) is 44.5 Å². The summed E-state index contributed by atoms with van der Waals surface area (Å²) in [6, 6.07) is 14.9. The fourth-order valence-electron chi connectivity index (χ4n) is 5.78. The molecule has 2 atom stereocenters. The molecule has 1 N–H and O–H groups in total. The molecule has 5 rings (SSSR count). The lowest BCUT2D eigenvalue weighted by Crippen LogP contribution is -2.40. The Bertz CT molecular complexity index is 1540. The molecule has 1 amide bonds. The summed E-state index contributed by atoms with van der Waals surface area (Å²) >= 11 is 0. The molecule has 1 aliphatic heterocycles. The highest BCUT2D eigenvalue weighted by molar-refractivity contribution is 6.00. The van der Waals surface area contributed by atoms with Crippen LogP contribution in [0.2, 0.25) is 0 Å². The molecule has 1 aliphatic carbocycles. The van der Waals surface area contributed by atoms with Gasteiger partial charge in [-0.25, -0.2) is 9.18 Å². The maximum absolute atomic E-state index is 14.0. The zero-order chi connectivity index (χ0) is 32.5. The first-order chi connectivity index (χ1) is 22.3. The van der Waals surface area contributed by atoms with Crippen molar-refractivity contribution in [3.8, 4) is 17.2 Å². The zero-order valence-electron chi connectivity index (χ0n) is 26.0. The number of benzene rings is 3. The van der Waals surface area contributed by atoms with Crippen LogP contribution in [0.4, 0.5) is 4.39 Å². The lowest BCUT2D eigenvalue weighted by molar-refractivity contribution is -0.146. The molecule has 1 heterocycles. The van der Waals surface area contributed by atoms with Gasteiger partial charge in [-0.1, -0.05) is 18.6 Å². The molecule has 2 unspecified atom stereocenters. The second-order valence-corrected chi connectivity index (χ2v) is 11.3. The minimum absolute atomic E-state index is 0.122. The van der Waals surface area contributed by atoms with Crippen LogP contribution in [0.1, 0.15) is 69.5 Å². The molecule has 0 aromatic heterocycles. The predicted octanol–water partition coefficient (Wildman–Crippen LogP) is 5.53. The van der Waals surface area contributed by atoms with Gasteiger partial charge in [0, 0.05) is 17.2 Å². The van der Waals surface area contributed by atoms with E-state index in [4.69, 9.17) is 28.4 Å². The third-order valence-electron chi connectivity index (χ3n) is 8.13. The Morgan fingerprint density at radius 2 is 1.80 bits per heavy atom. The van der Waals surface area contributed by atoms with Crippen molar-refractivity contribution in [1.82, 2.24) is 5.32 Å². The Hall–Kier alpha value is -4.64. The summed E-state index contributed by atoms with van der Waals surface area (Å²) in [6.45, 7) is 0.907. The number of fused-ring (bicyclic) bond motifs is 1. The first-order valence-corrected chi connectivity index (χ1v) is 15.3. The topological polar surface area (TPSA) is 119 Å². The molecular formula is C35H38FNO9. The standard InChI is InChI=1S/C35H38FNO9/c1-41-34(39)23-6-3-7-28(17-23)37-33(38)30-18-24(35(40)42-2)10-13-31(30)44-14-4-5-22-8-11-29(12-9-22)45-20-26-16-27(36)15-25-19-43-21-46-32(25)26/h8-13,15-16,18,23,28H,3-7,14,17,19-21H2,1-2H3,(H,37,38). The van der Waals surface area contributed by atoms with Gasteiger partial charge in [-0.3, -0.25) is 9.59 Å². The van der Waals surface area contributed by atoms with Crippen LogP contribution in [0.3, 0.4) is 0 Å². The number of nitrogens with one attached hydrogen (secondary N) is 1. The first kappa shape index (κ1) is 32.7. The monoisotopic (exact) mass is 635 g/mol. The lowest BCUT2D eigenvalue weighted by atomic mass is 9.85. The van der Waals surface area contributed by atoms with E-state index in [0.29, 0.717) is 60.9 Å². The number of aryl methyl sites for hydroxylation is 1. The Morgan fingerprint density at radius 1 is 0.978 bits per heavy atom. The van der Waals surface area contributed by atoms with Crippen LogP contribution >= 0.6 is 0 Å². The van der Waals surface area contributed by atoms with Gasteiger partial charge in [-0.15, -0.1) is 0 Å². The van der Waals surface area contributed by atoms with Crippen molar-refractivity contribution >= 4 is 17.8 Å². The van der Waals surface area contributed by atoms with Crippen LogP contribution in [-0.2, 0) is 38.6 Å². The maximum atomic E-state index is 14.0. The molecule has 46 heavy (non-hydrogen) atoms. The largest absolute Gasteiger partial charge is 0.493 e. The van der Waals surface area contributed by atoms with E-state index < -0.39 is 5.97 Å². The number of carbonyl (C=O) groups excluding carboxylic acids is 3. The average Bonchev–Trinajstić information content (AvgIpc) is 3.08. The molecule has 0 radical (unpaired) electrons. The zero-order valence-corrected chi connectivity index (χ0v) is 26.0. The molecule has 3 aromatic rings. The highest BCUT2D eigenvalue weighted by Crippen LogP contribution is 2.31. The number of methoxy groups -OCH3 is 2. The van der Waals surface area contributed by atoms with Crippen LogP contribution in [0.15, 0.2) is 54.6 Å². The lowest BCUT2D eigenvalue weighted by Gasteiger charge is -2.28. The van der Waals surface area contributed by atoms with Gasteiger partial charge in [0.2, 0.25) is 0 Å². The highest BCUT2D eigenvalue weighted by atomic mass is 19.1. The van der Waals surface area contributed by atoms with Crippen LogP contribution in [0.25, 0.3) is 0 Å². The first-order valence-electron chi connectivity index (χ1n) is 15.3. The predicted molar refractivity (Wildman–Crippen MR) is 164 cm³/mol. The molecule has 1 fully saturated rings. The van der Waals surface area contributed by atoms with E-state index in [9.17, 15) is 18.8 Å². The number of hydrogen-bond donors (Lipinski definition) is 1. The summed E-state index contributed by atoms with van der Waals surface area (Å²) in [4.78, 5) is 37.6. The fraction of sp³-hybridized carbons (Fsp3) is 0.400. The Balaban J connectivity index is 1.15. The van der Waals surface area contributed by atoms with Gasteiger partial charge in [0.15, 0.2) is 6.79 Å². The normalized spacial score (nSPS) is 17.2. The summed E-state index contributed by atoms with van der Waals surface area (Å²) in [5.74, 6) is -0.247. The smallest absolute Gasteiger partial charge is 0.337 e. The van der Waals surface area contributed by atoms with Crippen molar-refractivity contribution in [3.63, 3.8) is 0 Å². The Kier molecular flexibility index (Phi) is 11.1. The van der Waals surface area contributed by atoms with E-state index in [1.54, 1.807) is 12.1 Å². The highest BCUT2D eigenvalue weighted by Gasteiger charge is 2.30. The summed E-state index contributed by atoms with van der Waals surface area (Å²) < 4.78 is 46.5. The molecule has 1 saturated carbocycles. The number of esters is 2. The van der Waals surface area contributed by atoms with Crippen molar-refractivity contribution in [3.05, 3.63) is 88.2 Å². The van der Waals surface area contributed by atoms with Crippen LogP contribution in [0.5, 0.6) is 17.2 Å². The number of amides is 1. The number of halogens is 1. The molecule has 2 aliphatic rings. The van der Waals surface area contributed by atoms with E-state index in [2.05, 4.69) is 5.32 Å². The molecule has 0 bridgehead atoms. The summed E-state index contributed by atoms with van der Waals surface area (Å²) in [5, 5.41) is 3.01. The van der Waals surface area contributed by atoms with E-state index in [0.717, 1.165) is 24.8 Å². The molecule has 10 nitrogen and oxygen atoms in total. The van der Waals surface area contributed by atoms with E-state index in [-0.39, 0.29) is 54.2 Å². The average molecular weight is 636 g/mol. The summed E-state index contributed by atoms with van der Waals surface area (Å²) in [7, 11) is 2.65. The van der Waals surface area contributed by atoms with Gasteiger partial charge in [-0.2, -0.15) is 0 Å². The van der Waals surface area contributed by atoms with Crippen LogP contribution in [-0.4, -0.2) is 51.5 Å². The van der Waals surface area contributed by atoms with Crippen molar-refractivity contribution in [2.75, 3.05) is 27.6 Å². The van der Waals surface area contributed by atoms with Crippen molar-refractivity contribution in [2.45, 2.75) is 57.8 Å². The van der Waals surface area contributed by atoms with Gasteiger partial charge < -0.3 is 33.7 Å². The van der Waals surface area contributed by atoms with Gasteiger partial charge in [0.1, 0.15) is 29.7 Å². The number of carbonyl (C=O) groups is 3. The number of rotatable bonds is 12. The summed E-state index contributed by atoms with van der Waals surface area (Å²) in [6.07, 6.45) is 4.13. The fourth-order valence-corrected chi connectivity index (χ4v) is 5.78. The van der Waals surface area contributed by atoms with Gasteiger partial charge in [-0.05, 0) is 80.1 Å². The number of ether oxygens (including phenoxy) is 6. The summed E-state index contributed by atoms with van der Waals surface area (Å²) in [5.41, 5.74) is 2.80. The second kappa shape index (κ2) is 15.6. The minimum atomic E-state index is -0.560. The van der Waals surface area contributed by atoms with Crippen molar-refractivity contribution in [2.24, 2.45) is 5.92 Å². The molecule has 0 saturated heterocycles. The maximum Gasteiger partial charge on any atom is 0.337 e. The Morgan fingerprint density at radius 3 is 2.59 bits per heavy atom. The van der Waals surface area contributed by atoms with Crippen LogP contribution in [0, 0.1) is 11.7 Å². The Labute approximate surface area is 267 Å². The minimum Gasteiger partial charge on any atom is -0.493 e. The third kappa shape index (κ3) is 8.33. The molecule has 11 heteroatoms. The second-order valence-electron chi connectivity index (χ2n) is 11.3. The van der Waals surface area contributed by atoms with E-state index in [1.165, 1.54) is 32.4 Å². The molecular weight excluding hydrogens is 597 g/mol. The quantitative estimate of drug-likeness (QED) is 0.202. The van der Waals surface area contributed by atoms with E-state index in [1.807, 2.05) is 24.3 Å². The van der Waals surface area contributed by atoms with E-state index >= 15 is 0 Å². The van der Waals surface area contributed by atoms with Gasteiger partial charge in [0.25, 0.3) is 5.91 Å². The number of hydrogen-bond acceptors (Lipinski definition) is 9. The van der Waals surface area contributed by atoms with Gasteiger partial charge >= 0.3 is 11.9 Å². The molecule has 3 aromatic carbocycles. The van der Waals surface area contributed by atoms with Crippen LogP contribution < -0.4 is 19.5 Å².